The third-order valence-electron chi connectivity index (χ3n) is 3.34. The van der Waals surface area contributed by atoms with Crippen molar-refractivity contribution < 1.29 is 9.47 Å². The van der Waals surface area contributed by atoms with Gasteiger partial charge in [-0.3, -0.25) is 0 Å². The maximum Gasteiger partial charge on any atom is 0.144 e. The number of ether oxygens (including phenoxy) is 2. The number of hydrogen-bond acceptors (Lipinski definition) is 3. The number of hydrogen-bond donors (Lipinski definition) is 1. The van der Waals surface area contributed by atoms with Crippen LogP contribution in [0.5, 0.6) is 11.5 Å². The zero-order valence-corrected chi connectivity index (χ0v) is 13.0. The van der Waals surface area contributed by atoms with Gasteiger partial charge in [0, 0.05) is 11.1 Å². The smallest absolute Gasteiger partial charge is 0.144 e. The summed E-state index contributed by atoms with van der Waals surface area (Å²) in [6.45, 7) is 3.05. The molecule has 1 aliphatic rings. The van der Waals surface area contributed by atoms with E-state index in [1.165, 1.54) is 0 Å². The normalized spacial score (nSPS) is 16.6. The van der Waals surface area contributed by atoms with Crippen LogP contribution in [-0.2, 0) is 0 Å². The summed E-state index contributed by atoms with van der Waals surface area (Å²) in [7, 11) is 0. The minimum Gasteiger partial charge on any atom is -0.492 e. The van der Waals surface area contributed by atoms with Gasteiger partial charge in [0.05, 0.1) is 23.4 Å². The second-order valence-corrected chi connectivity index (χ2v) is 5.61. The van der Waals surface area contributed by atoms with Gasteiger partial charge in [0.1, 0.15) is 18.1 Å². The second kappa shape index (κ2) is 6.04. The molecule has 5 heteroatoms. The number of halogens is 2. The van der Waals surface area contributed by atoms with Gasteiger partial charge in [-0.05, 0) is 36.8 Å². The van der Waals surface area contributed by atoms with E-state index in [1.54, 1.807) is 0 Å². The van der Waals surface area contributed by atoms with Crippen LogP contribution in [0.25, 0.3) is 0 Å². The molecule has 0 fully saturated rings. The molecule has 110 valence electrons. The number of nitrogens with one attached hydrogen (secondary N) is 1. The quantitative estimate of drug-likeness (QED) is 0.868. The van der Waals surface area contributed by atoms with E-state index in [4.69, 9.17) is 32.7 Å². The minimum atomic E-state index is 0.0480. The molecule has 1 atom stereocenters. The lowest BCUT2D eigenvalue weighted by Gasteiger charge is -2.28. The Hall–Kier alpha value is -1.58. The Kier molecular flexibility index (Phi) is 4.13. The van der Waals surface area contributed by atoms with Crippen LogP contribution < -0.4 is 14.8 Å². The highest BCUT2D eigenvalue weighted by Crippen LogP contribution is 2.37. The highest BCUT2D eigenvalue weighted by Gasteiger charge is 2.21. The monoisotopic (exact) mass is 323 g/mol. The molecule has 0 saturated carbocycles. The zero-order valence-electron chi connectivity index (χ0n) is 11.5. The molecule has 3 nitrogen and oxygen atoms in total. The third-order valence-corrected chi connectivity index (χ3v) is 3.87. The molecule has 1 aliphatic heterocycles. The number of benzene rings is 2. The van der Waals surface area contributed by atoms with Crippen LogP contribution in [0.15, 0.2) is 36.4 Å². The first-order chi connectivity index (χ1) is 10.2. The van der Waals surface area contributed by atoms with Crippen LogP contribution in [0.3, 0.4) is 0 Å². The Balaban J connectivity index is 1.82. The molecular formula is C16H15Cl2NO2. The molecule has 0 spiro atoms. The third kappa shape index (κ3) is 3.04. The Morgan fingerprint density at radius 3 is 2.86 bits per heavy atom. The molecule has 0 bridgehead atoms. The van der Waals surface area contributed by atoms with Gasteiger partial charge in [0.15, 0.2) is 0 Å². The molecule has 0 aliphatic carbocycles. The first kappa shape index (κ1) is 14.4. The molecule has 2 aromatic rings. The Morgan fingerprint density at radius 2 is 2.10 bits per heavy atom. The predicted octanol–water partition coefficient (Wildman–Crippen LogP) is 4.94. The van der Waals surface area contributed by atoms with Crippen molar-refractivity contribution in [1.29, 1.82) is 0 Å². The van der Waals surface area contributed by atoms with E-state index in [2.05, 4.69) is 5.32 Å². The molecule has 2 aromatic carbocycles. The van der Waals surface area contributed by atoms with Gasteiger partial charge in [-0.15, -0.1) is 0 Å². The Labute approximate surface area is 133 Å². The van der Waals surface area contributed by atoms with E-state index < -0.39 is 0 Å². The lowest BCUT2D eigenvalue weighted by atomic mass is 10.1. The van der Waals surface area contributed by atoms with Crippen molar-refractivity contribution >= 4 is 28.9 Å². The van der Waals surface area contributed by atoms with Crippen molar-refractivity contribution in [3.8, 4) is 11.5 Å². The molecular weight excluding hydrogens is 309 g/mol. The van der Waals surface area contributed by atoms with E-state index in [1.807, 2.05) is 43.3 Å². The summed E-state index contributed by atoms with van der Waals surface area (Å²) in [6, 6.07) is 11.4. The predicted molar refractivity (Wildman–Crippen MR) is 85.9 cm³/mol. The summed E-state index contributed by atoms with van der Waals surface area (Å²) in [5.74, 6) is 1.47. The molecule has 1 unspecified atom stereocenters. The lowest BCUT2D eigenvalue weighted by molar-refractivity contribution is 0.286. The lowest BCUT2D eigenvalue weighted by Crippen LogP contribution is -2.23. The first-order valence-electron chi connectivity index (χ1n) is 6.78. The van der Waals surface area contributed by atoms with Crippen LogP contribution in [0, 0.1) is 0 Å². The van der Waals surface area contributed by atoms with Crippen molar-refractivity contribution in [2.45, 2.75) is 13.0 Å². The molecule has 0 amide bonds. The number of anilines is 1. The van der Waals surface area contributed by atoms with Crippen molar-refractivity contribution in [2.75, 3.05) is 18.5 Å². The summed E-state index contributed by atoms with van der Waals surface area (Å²) in [6.07, 6.45) is 0. The first-order valence-corrected chi connectivity index (χ1v) is 7.54. The van der Waals surface area contributed by atoms with Gasteiger partial charge < -0.3 is 14.8 Å². The van der Waals surface area contributed by atoms with Gasteiger partial charge >= 0.3 is 0 Å². The summed E-state index contributed by atoms with van der Waals surface area (Å²) >= 11 is 12.2. The van der Waals surface area contributed by atoms with E-state index in [-0.39, 0.29) is 6.04 Å². The maximum absolute atomic E-state index is 6.24. The molecule has 21 heavy (non-hydrogen) atoms. The molecule has 0 radical (unpaired) electrons. The zero-order chi connectivity index (χ0) is 14.8. The van der Waals surface area contributed by atoms with Crippen molar-refractivity contribution in [2.24, 2.45) is 0 Å². The minimum absolute atomic E-state index is 0.0480. The van der Waals surface area contributed by atoms with Crippen molar-refractivity contribution in [1.82, 2.24) is 0 Å². The van der Waals surface area contributed by atoms with Gasteiger partial charge in [0.2, 0.25) is 0 Å². The highest BCUT2D eigenvalue weighted by molar-refractivity contribution is 6.32. The summed E-state index contributed by atoms with van der Waals surface area (Å²) in [5, 5.41) is 4.71. The van der Waals surface area contributed by atoms with Crippen LogP contribution >= 0.6 is 23.2 Å². The van der Waals surface area contributed by atoms with Crippen LogP contribution in [0.1, 0.15) is 18.5 Å². The van der Waals surface area contributed by atoms with E-state index in [0.29, 0.717) is 29.0 Å². The molecule has 1 N–H and O–H groups in total. The molecule has 0 aromatic heterocycles. The second-order valence-electron chi connectivity index (χ2n) is 4.77. The molecule has 1 heterocycles. The fraction of sp³-hybridized carbons (Fsp3) is 0.250. The average molecular weight is 324 g/mol. The number of rotatable bonds is 3. The summed E-state index contributed by atoms with van der Waals surface area (Å²) < 4.78 is 11.2. The standard InChI is InChI=1S/C16H15Cl2NO2/c1-2-20-15-6-3-10(7-12(15)18)14-9-21-16-8-11(17)4-5-13(16)19-14/h3-8,14,19H,2,9H2,1H3. The largest absolute Gasteiger partial charge is 0.492 e. The van der Waals surface area contributed by atoms with E-state index in [9.17, 15) is 0 Å². The fourth-order valence-electron chi connectivity index (χ4n) is 2.32. The average Bonchev–Trinajstić information content (AvgIpc) is 2.49. The molecule has 3 rings (SSSR count). The Morgan fingerprint density at radius 1 is 1.24 bits per heavy atom. The highest BCUT2D eigenvalue weighted by atomic mass is 35.5. The summed E-state index contributed by atoms with van der Waals surface area (Å²) in [4.78, 5) is 0. The van der Waals surface area contributed by atoms with E-state index in [0.717, 1.165) is 17.0 Å². The van der Waals surface area contributed by atoms with Gasteiger partial charge in [-0.2, -0.15) is 0 Å². The summed E-state index contributed by atoms with van der Waals surface area (Å²) in [5.41, 5.74) is 1.99. The van der Waals surface area contributed by atoms with E-state index >= 15 is 0 Å². The topological polar surface area (TPSA) is 30.5 Å². The maximum atomic E-state index is 6.24. The Bertz CT molecular complexity index is 661. The fourth-order valence-corrected chi connectivity index (χ4v) is 2.73. The van der Waals surface area contributed by atoms with Crippen molar-refractivity contribution in [3.63, 3.8) is 0 Å². The molecule has 0 saturated heterocycles. The van der Waals surface area contributed by atoms with Crippen molar-refractivity contribution in [3.05, 3.63) is 52.0 Å². The number of fused-ring (bicyclic) bond motifs is 1. The van der Waals surface area contributed by atoms with Gasteiger partial charge in [0.25, 0.3) is 0 Å². The van der Waals surface area contributed by atoms with Gasteiger partial charge in [-0.25, -0.2) is 0 Å². The SMILES string of the molecule is CCOc1ccc(C2COc3cc(Cl)ccc3N2)cc1Cl. The van der Waals surface area contributed by atoms with Crippen LogP contribution in [0.4, 0.5) is 5.69 Å². The van der Waals surface area contributed by atoms with Gasteiger partial charge in [-0.1, -0.05) is 29.3 Å². The van der Waals surface area contributed by atoms with Crippen LogP contribution in [-0.4, -0.2) is 13.2 Å². The van der Waals surface area contributed by atoms with Crippen LogP contribution in [0.2, 0.25) is 10.0 Å².